The molecule has 0 aliphatic carbocycles. The van der Waals surface area contributed by atoms with Gasteiger partial charge in [-0.15, -0.1) is 0 Å². The van der Waals surface area contributed by atoms with Crippen molar-refractivity contribution in [1.82, 2.24) is 31.5 Å². The third kappa shape index (κ3) is 15.3. The number of likely N-dealkylation sites (N-methyl/N-ethyl adjacent to an activating group) is 1. The number of nitrogens with one attached hydrogen (secondary N) is 5. The Morgan fingerprint density at radius 3 is 2.03 bits per heavy atom. The molecule has 4 aromatic carbocycles. The molecule has 6 amide bonds. The lowest BCUT2D eigenvalue weighted by molar-refractivity contribution is -0.145. The van der Waals surface area contributed by atoms with Crippen molar-refractivity contribution in [2.24, 2.45) is 0 Å². The second kappa shape index (κ2) is 25.4. The molecular weight excluding hydrogens is 909 g/mol. The smallest absolute Gasteiger partial charge is 0.407 e. The summed E-state index contributed by atoms with van der Waals surface area (Å²) in [5.41, 5.74) is 4.83. The minimum absolute atomic E-state index is 0.0492. The van der Waals surface area contributed by atoms with Crippen LogP contribution in [0.4, 0.5) is 4.79 Å². The molecule has 5 rings (SSSR count). The van der Waals surface area contributed by atoms with Crippen LogP contribution < -0.4 is 36.1 Å². The molecule has 17 heteroatoms. The van der Waals surface area contributed by atoms with E-state index in [-0.39, 0.29) is 19.4 Å². The number of ether oxygens (including phenoxy) is 4. The molecule has 17 nitrogen and oxygen atoms in total. The molecule has 71 heavy (non-hydrogen) atoms. The molecule has 0 saturated carbocycles. The zero-order valence-electron chi connectivity index (χ0n) is 42.2. The number of amides is 6. The predicted octanol–water partition coefficient (Wildman–Crippen LogP) is 6.21. The summed E-state index contributed by atoms with van der Waals surface area (Å²) in [5.74, 6) is -3.13. The van der Waals surface area contributed by atoms with Crippen LogP contribution in [0.1, 0.15) is 99.8 Å². The van der Waals surface area contributed by atoms with E-state index in [9.17, 15) is 33.6 Å². The molecule has 4 atom stereocenters. The minimum atomic E-state index is -1.40. The monoisotopic (exact) mass is 976 g/mol. The molecule has 0 fully saturated rings. The summed E-state index contributed by atoms with van der Waals surface area (Å²) in [6, 6.07) is 20.6. The van der Waals surface area contributed by atoms with E-state index in [1.165, 1.54) is 45.8 Å². The Labute approximate surface area is 416 Å². The van der Waals surface area contributed by atoms with Crippen molar-refractivity contribution in [2.45, 2.75) is 109 Å². The maximum Gasteiger partial charge on any atom is 0.407 e. The van der Waals surface area contributed by atoms with Gasteiger partial charge in [0.2, 0.25) is 23.6 Å². The van der Waals surface area contributed by atoms with Crippen molar-refractivity contribution >= 4 is 41.6 Å². The van der Waals surface area contributed by atoms with E-state index in [0.717, 1.165) is 30.4 Å². The fraction of sp³-hybridized carbons (Fsp3) is 0.426. The van der Waals surface area contributed by atoms with Gasteiger partial charge in [-0.05, 0) is 124 Å². The van der Waals surface area contributed by atoms with Gasteiger partial charge in [-0.25, -0.2) is 9.59 Å². The van der Waals surface area contributed by atoms with Gasteiger partial charge in [0, 0.05) is 36.7 Å². The first-order valence-electron chi connectivity index (χ1n) is 23.9. The lowest BCUT2D eigenvalue weighted by Gasteiger charge is -2.32. The molecule has 0 spiro atoms. The number of carbonyl (C=O) groups excluding carboxylic acids is 7. The number of aryl methyl sites for hydroxylation is 1. The van der Waals surface area contributed by atoms with Crippen LogP contribution >= 0.6 is 0 Å². The first kappa shape index (κ1) is 54.5. The molecule has 1 heterocycles. The molecule has 4 aromatic rings. The molecule has 5 N–H and O–H groups in total. The van der Waals surface area contributed by atoms with E-state index in [0.29, 0.717) is 52.2 Å². The lowest BCUT2D eigenvalue weighted by atomic mass is 9.93. The number of rotatable bonds is 18. The topological polar surface area (TPSA) is 220 Å². The van der Waals surface area contributed by atoms with Crippen LogP contribution in [0, 0.1) is 0 Å². The van der Waals surface area contributed by atoms with Crippen LogP contribution in [-0.4, -0.2) is 112 Å². The molecule has 1 aliphatic rings. The SMILES string of the molecule is CCCCc1ccc(-c2ccc(C(=O)NCC(=O)N[C@@H](CCCCNC(=O)OC(C)(C)C)C(=O)N(C)[C@@H]3C(=O)N[C@@H](C)C(=O)N[C@H](C(=O)OC)Cc4ccc(OC)c(c4)-c4cc3ccc4OC)cc2)cc1. The molecule has 4 bridgehead atoms. The maximum atomic E-state index is 14.8. The summed E-state index contributed by atoms with van der Waals surface area (Å²) >= 11 is 0. The van der Waals surface area contributed by atoms with E-state index in [2.05, 4.69) is 57.8 Å². The number of fused-ring (bicyclic) bond motifs is 5. The third-order valence-electron chi connectivity index (χ3n) is 12.0. The van der Waals surface area contributed by atoms with E-state index in [1.807, 2.05) is 12.1 Å². The first-order chi connectivity index (χ1) is 33.9. The van der Waals surface area contributed by atoms with Crippen LogP contribution in [0.5, 0.6) is 11.5 Å². The number of unbranched alkanes of at least 4 members (excludes halogenated alkanes) is 2. The highest BCUT2D eigenvalue weighted by Crippen LogP contribution is 2.40. The quantitative estimate of drug-likeness (QED) is 0.0558. The second-order valence-corrected chi connectivity index (χ2v) is 18.5. The normalized spacial score (nSPS) is 16.2. The largest absolute Gasteiger partial charge is 0.496 e. The van der Waals surface area contributed by atoms with Crippen molar-refractivity contribution in [2.75, 3.05) is 41.5 Å². The highest BCUT2D eigenvalue weighted by Gasteiger charge is 2.36. The van der Waals surface area contributed by atoms with Crippen LogP contribution in [0.3, 0.4) is 0 Å². The summed E-state index contributed by atoms with van der Waals surface area (Å²) in [6.45, 7) is 8.58. The Morgan fingerprint density at radius 1 is 0.775 bits per heavy atom. The van der Waals surface area contributed by atoms with E-state index >= 15 is 0 Å². The number of esters is 1. The van der Waals surface area contributed by atoms with Gasteiger partial charge in [0.15, 0.2) is 0 Å². The summed E-state index contributed by atoms with van der Waals surface area (Å²) in [4.78, 5) is 96.5. The fourth-order valence-electron chi connectivity index (χ4n) is 8.15. The molecule has 0 aromatic heterocycles. The highest BCUT2D eigenvalue weighted by molar-refractivity contribution is 5.98. The summed E-state index contributed by atoms with van der Waals surface area (Å²) in [6.07, 6.45) is 3.49. The molecular formula is C54H68N6O11. The van der Waals surface area contributed by atoms with E-state index in [1.54, 1.807) is 69.3 Å². The number of nitrogens with zero attached hydrogens (tertiary/aromatic N) is 1. The van der Waals surface area contributed by atoms with Crippen LogP contribution in [-0.2, 0) is 46.3 Å². The van der Waals surface area contributed by atoms with Crippen molar-refractivity contribution in [1.29, 1.82) is 0 Å². The Kier molecular flexibility index (Phi) is 19.5. The maximum absolute atomic E-state index is 14.8. The molecule has 0 radical (unpaired) electrons. The zero-order valence-corrected chi connectivity index (χ0v) is 42.2. The number of hydrogen-bond acceptors (Lipinski definition) is 11. The van der Waals surface area contributed by atoms with Crippen molar-refractivity contribution in [3.8, 4) is 33.8 Å². The van der Waals surface area contributed by atoms with Gasteiger partial charge in [-0.2, -0.15) is 0 Å². The lowest BCUT2D eigenvalue weighted by Crippen LogP contribution is -2.55. The molecule has 0 saturated heterocycles. The standard InChI is InChI=1S/C54H68N6O11/c1-10-11-14-34-16-19-36(20-17-34)37-21-23-38(24-22-37)49(63)56-32-46(61)58-42(15-12-13-28-55-53(67)71-54(3,4)5)51(65)60(6)47-39-25-27-45(69-8)41(31-39)40-29-35(18-26-44(40)68-7)30-43(52(66)70-9)59-48(62)33(2)57-50(47)64/h16-27,29,31,33,42-43,47H,10-15,28,30,32H2,1-9H3,(H,55,67)(H,56,63)(H,57,64)(H,58,61)(H,59,62)/t33-,42-,43-,47-/m0/s1. The summed E-state index contributed by atoms with van der Waals surface area (Å²) in [7, 11) is 5.60. The molecule has 0 unspecified atom stereocenters. The third-order valence-corrected chi connectivity index (χ3v) is 12.0. The van der Waals surface area contributed by atoms with Crippen LogP contribution in [0.25, 0.3) is 22.3 Å². The Bertz CT molecular complexity index is 2520. The number of benzene rings is 4. The number of methoxy groups -OCH3 is 3. The Morgan fingerprint density at radius 2 is 1.41 bits per heavy atom. The number of hydrogen-bond donors (Lipinski definition) is 5. The summed E-state index contributed by atoms with van der Waals surface area (Å²) in [5, 5.41) is 13.5. The van der Waals surface area contributed by atoms with Crippen molar-refractivity contribution in [3.63, 3.8) is 0 Å². The van der Waals surface area contributed by atoms with Crippen molar-refractivity contribution < 1.29 is 52.5 Å². The van der Waals surface area contributed by atoms with Gasteiger partial charge in [0.05, 0.1) is 27.9 Å². The minimum Gasteiger partial charge on any atom is -0.496 e. The average Bonchev–Trinajstić information content (AvgIpc) is 3.35. The number of carbonyl (C=O) groups is 7. The van der Waals surface area contributed by atoms with Gasteiger partial charge >= 0.3 is 12.1 Å². The van der Waals surface area contributed by atoms with Crippen molar-refractivity contribution in [3.05, 3.63) is 107 Å². The predicted molar refractivity (Wildman–Crippen MR) is 269 cm³/mol. The van der Waals surface area contributed by atoms with Gasteiger partial charge in [0.1, 0.15) is 41.3 Å². The van der Waals surface area contributed by atoms with E-state index < -0.39 is 77.9 Å². The average molecular weight is 977 g/mol. The zero-order chi connectivity index (χ0) is 51.8. The Balaban J connectivity index is 1.42. The summed E-state index contributed by atoms with van der Waals surface area (Å²) < 4.78 is 21.9. The first-order valence-corrected chi connectivity index (χ1v) is 23.9. The van der Waals surface area contributed by atoms with E-state index in [4.69, 9.17) is 18.9 Å². The highest BCUT2D eigenvalue weighted by atomic mass is 16.6. The fourth-order valence-corrected chi connectivity index (χ4v) is 8.15. The van der Waals surface area contributed by atoms with Gasteiger partial charge in [-0.3, -0.25) is 24.0 Å². The van der Waals surface area contributed by atoms with Gasteiger partial charge in [0.25, 0.3) is 5.91 Å². The Hall–Kier alpha value is -7.43. The number of alkyl carbamates (subject to hydrolysis) is 1. The molecule has 380 valence electrons. The van der Waals surface area contributed by atoms with Crippen LogP contribution in [0.15, 0.2) is 84.9 Å². The molecule has 1 aliphatic heterocycles. The van der Waals surface area contributed by atoms with Crippen LogP contribution in [0.2, 0.25) is 0 Å². The van der Waals surface area contributed by atoms with Gasteiger partial charge in [-0.1, -0.05) is 61.9 Å². The second-order valence-electron chi connectivity index (χ2n) is 18.5. The van der Waals surface area contributed by atoms with Gasteiger partial charge < -0.3 is 50.4 Å².